The van der Waals surface area contributed by atoms with E-state index in [2.05, 4.69) is 15.3 Å². The van der Waals surface area contributed by atoms with Gasteiger partial charge in [0.1, 0.15) is 5.01 Å². The van der Waals surface area contributed by atoms with Crippen LogP contribution in [0.5, 0.6) is 0 Å². The lowest BCUT2D eigenvalue weighted by Crippen LogP contribution is -2.23. The largest absolute Gasteiger partial charge is 0.465 e. The molecule has 6 nitrogen and oxygen atoms in total. The van der Waals surface area contributed by atoms with Gasteiger partial charge in [0.2, 0.25) is 0 Å². The number of fused-ring (bicyclic) bond motifs is 1. The number of amides is 1. The Labute approximate surface area is 145 Å². The summed E-state index contributed by atoms with van der Waals surface area (Å²) in [5.74, 6) is 0. The molecule has 24 heavy (non-hydrogen) atoms. The fourth-order valence-electron chi connectivity index (χ4n) is 2.21. The van der Waals surface area contributed by atoms with Crippen LogP contribution in [0.4, 0.5) is 4.79 Å². The number of hydrogen-bond acceptors (Lipinski definition) is 5. The van der Waals surface area contributed by atoms with Crippen molar-refractivity contribution in [1.82, 2.24) is 15.3 Å². The minimum absolute atomic E-state index is 0.301. The summed E-state index contributed by atoms with van der Waals surface area (Å²) in [6, 6.07) is 8.66. The van der Waals surface area contributed by atoms with Crippen LogP contribution in [0.25, 0.3) is 20.8 Å². The summed E-state index contributed by atoms with van der Waals surface area (Å²) in [6.07, 6.45) is 1.08. The number of hydrogen-bond donors (Lipinski definition) is 2. The molecule has 3 aromatic rings. The van der Waals surface area contributed by atoms with Gasteiger partial charge in [0, 0.05) is 22.5 Å². The van der Waals surface area contributed by atoms with Crippen LogP contribution in [-0.2, 0) is 6.42 Å². The number of benzene rings is 1. The molecule has 0 fully saturated rings. The highest BCUT2D eigenvalue weighted by molar-refractivity contribution is 7.21. The molecule has 0 spiro atoms. The highest BCUT2D eigenvalue weighted by Gasteiger charge is 2.09. The van der Waals surface area contributed by atoms with E-state index in [0.29, 0.717) is 34.1 Å². The van der Waals surface area contributed by atoms with Crippen molar-refractivity contribution < 1.29 is 9.90 Å². The number of carbonyl (C=O) groups is 1. The Morgan fingerprint density at radius 1 is 1.29 bits per heavy atom. The van der Waals surface area contributed by atoms with Gasteiger partial charge >= 0.3 is 6.09 Å². The molecule has 1 amide bonds. The number of halogens is 1. The zero-order valence-corrected chi connectivity index (χ0v) is 13.9. The second-order valence-corrected chi connectivity index (χ2v) is 6.46. The van der Waals surface area contributed by atoms with Crippen LogP contribution >= 0.6 is 22.9 Å². The molecule has 8 heteroatoms. The Hall–Kier alpha value is -2.51. The van der Waals surface area contributed by atoms with E-state index < -0.39 is 6.09 Å². The molecule has 2 heterocycles. The van der Waals surface area contributed by atoms with E-state index in [9.17, 15) is 9.59 Å². The van der Waals surface area contributed by atoms with E-state index in [1.165, 1.54) is 11.3 Å². The summed E-state index contributed by atoms with van der Waals surface area (Å²) < 4.78 is 0.747. The average molecular weight is 362 g/mol. The van der Waals surface area contributed by atoms with Crippen LogP contribution in [-0.4, -0.2) is 27.7 Å². The van der Waals surface area contributed by atoms with Crippen LogP contribution in [0.15, 0.2) is 41.3 Å². The van der Waals surface area contributed by atoms with Gasteiger partial charge in [-0.25, -0.2) is 4.79 Å². The van der Waals surface area contributed by atoms with Gasteiger partial charge in [0.25, 0.3) is 5.56 Å². The number of rotatable bonds is 4. The van der Waals surface area contributed by atoms with Gasteiger partial charge in [0.05, 0.1) is 11.1 Å². The van der Waals surface area contributed by atoms with Crippen molar-refractivity contribution in [2.75, 3.05) is 6.54 Å². The van der Waals surface area contributed by atoms with Crippen LogP contribution in [0.3, 0.4) is 0 Å². The lowest BCUT2D eigenvalue weighted by molar-refractivity contribution is 0.194. The number of nitrogens with one attached hydrogen (secondary N) is 1. The van der Waals surface area contributed by atoms with E-state index >= 15 is 0 Å². The van der Waals surface area contributed by atoms with Crippen molar-refractivity contribution in [1.29, 1.82) is 0 Å². The summed E-state index contributed by atoms with van der Waals surface area (Å²) >= 11 is 7.33. The quantitative estimate of drug-likeness (QED) is 0.744. The summed E-state index contributed by atoms with van der Waals surface area (Å²) in [4.78, 5) is 31.0. The van der Waals surface area contributed by atoms with Crippen molar-refractivity contribution in [3.63, 3.8) is 0 Å². The van der Waals surface area contributed by atoms with Gasteiger partial charge in [-0.15, -0.1) is 11.3 Å². The van der Waals surface area contributed by atoms with Crippen LogP contribution in [0.1, 0.15) is 5.56 Å². The highest BCUT2D eigenvalue weighted by Crippen LogP contribution is 2.27. The fourth-order valence-corrected chi connectivity index (χ4v) is 3.45. The molecule has 0 saturated carbocycles. The van der Waals surface area contributed by atoms with Crippen molar-refractivity contribution in [2.24, 2.45) is 0 Å². The number of nitrogens with zero attached hydrogens (tertiary/aromatic N) is 2. The summed E-state index contributed by atoms with van der Waals surface area (Å²) in [6.45, 7) is 0.301. The first-order valence-electron chi connectivity index (χ1n) is 7.05. The lowest BCUT2D eigenvalue weighted by atomic mass is 10.1. The maximum atomic E-state index is 12.2. The summed E-state index contributed by atoms with van der Waals surface area (Å²) in [5.41, 5.74) is 1.16. The Balaban J connectivity index is 1.95. The summed E-state index contributed by atoms with van der Waals surface area (Å²) in [7, 11) is 0. The first-order chi connectivity index (χ1) is 11.5. The number of carboxylic acid groups (broad SMARTS) is 1. The van der Waals surface area contributed by atoms with Crippen molar-refractivity contribution in [3.05, 3.63) is 57.5 Å². The standard InChI is InChI=1S/C16H12ClN3O3S/c17-10-1-2-11-13(8-10)24-15(20-14(11)21)12-7-9(3-5-18-12)4-6-19-16(22)23/h1-3,5,7-8,19H,4,6H2,(H,22,23). The SMILES string of the molecule is O=C(O)NCCc1ccnc(-c2nc(=O)c3ccc(Cl)cc3s2)c1. The molecule has 3 rings (SSSR count). The lowest BCUT2D eigenvalue weighted by Gasteiger charge is -2.05. The monoisotopic (exact) mass is 361 g/mol. The zero-order valence-electron chi connectivity index (χ0n) is 12.3. The van der Waals surface area contributed by atoms with Crippen molar-refractivity contribution >= 4 is 39.1 Å². The molecule has 0 atom stereocenters. The molecule has 2 aromatic heterocycles. The molecule has 122 valence electrons. The second kappa shape index (κ2) is 6.94. The molecule has 0 bridgehead atoms. The van der Waals surface area contributed by atoms with Gasteiger partial charge in [-0.05, 0) is 42.3 Å². The predicted octanol–water partition coefficient (Wildman–Crippen LogP) is 3.18. The first kappa shape index (κ1) is 16.4. The molecule has 0 aliphatic heterocycles. The molecule has 0 aliphatic rings. The van der Waals surface area contributed by atoms with Gasteiger partial charge in [-0.3, -0.25) is 9.78 Å². The van der Waals surface area contributed by atoms with E-state index in [4.69, 9.17) is 16.7 Å². The van der Waals surface area contributed by atoms with E-state index in [0.717, 1.165) is 10.3 Å². The molecular formula is C16H12ClN3O3S. The molecular weight excluding hydrogens is 350 g/mol. The van der Waals surface area contributed by atoms with Gasteiger partial charge < -0.3 is 10.4 Å². The van der Waals surface area contributed by atoms with Crippen LogP contribution < -0.4 is 10.9 Å². The Morgan fingerprint density at radius 2 is 2.12 bits per heavy atom. The second-order valence-electron chi connectivity index (χ2n) is 5.00. The molecule has 0 unspecified atom stereocenters. The van der Waals surface area contributed by atoms with Gasteiger partial charge in [-0.1, -0.05) is 11.6 Å². The van der Waals surface area contributed by atoms with Crippen LogP contribution in [0.2, 0.25) is 5.02 Å². The Morgan fingerprint density at radius 3 is 2.92 bits per heavy atom. The van der Waals surface area contributed by atoms with Gasteiger partial charge in [-0.2, -0.15) is 4.98 Å². The van der Waals surface area contributed by atoms with E-state index in [1.54, 1.807) is 36.5 Å². The minimum Gasteiger partial charge on any atom is -0.465 e. The first-order valence-corrected chi connectivity index (χ1v) is 8.25. The van der Waals surface area contributed by atoms with Crippen molar-refractivity contribution in [2.45, 2.75) is 6.42 Å². The number of pyridine rings is 1. The molecule has 2 N–H and O–H groups in total. The Bertz CT molecular complexity index is 974. The normalized spacial score (nSPS) is 10.7. The summed E-state index contributed by atoms with van der Waals surface area (Å²) in [5, 5.41) is 12.5. The maximum absolute atomic E-state index is 12.2. The molecule has 0 saturated heterocycles. The van der Waals surface area contributed by atoms with Crippen LogP contribution in [0, 0.1) is 0 Å². The highest BCUT2D eigenvalue weighted by atomic mass is 35.5. The minimum atomic E-state index is -1.06. The third-order valence-electron chi connectivity index (χ3n) is 3.32. The van der Waals surface area contributed by atoms with Gasteiger partial charge in [0.15, 0.2) is 0 Å². The number of aromatic nitrogens is 2. The zero-order chi connectivity index (χ0) is 17.1. The maximum Gasteiger partial charge on any atom is 0.404 e. The third kappa shape index (κ3) is 3.69. The predicted molar refractivity (Wildman–Crippen MR) is 93.9 cm³/mol. The third-order valence-corrected chi connectivity index (χ3v) is 4.60. The van der Waals surface area contributed by atoms with Crippen molar-refractivity contribution in [3.8, 4) is 10.7 Å². The average Bonchev–Trinajstić information content (AvgIpc) is 2.54. The Kier molecular flexibility index (Phi) is 4.73. The molecule has 0 aliphatic carbocycles. The van der Waals surface area contributed by atoms with E-state index in [-0.39, 0.29) is 5.56 Å². The molecule has 0 radical (unpaired) electrons. The smallest absolute Gasteiger partial charge is 0.404 e. The fraction of sp³-hybridized carbons (Fsp3) is 0.125. The topological polar surface area (TPSA) is 92.2 Å². The van der Waals surface area contributed by atoms with E-state index in [1.807, 2.05) is 0 Å². The molecule has 1 aromatic carbocycles.